The number of likely N-dealkylation sites (tertiary alicyclic amines) is 1. The number of para-hydroxylation sites is 1. The van der Waals surface area contributed by atoms with Crippen LogP contribution in [0.25, 0.3) is 0 Å². The highest BCUT2D eigenvalue weighted by molar-refractivity contribution is 5.94. The number of aliphatic hydroxyl groups excluding tert-OH is 1. The third-order valence-corrected chi connectivity index (χ3v) is 5.53. The van der Waals surface area contributed by atoms with Crippen molar-refractivity contribution in [1.82, 2.24) is 10.2 Å². The first kappa shape index (κ1) is 21.1. The van der Waals surface area contributed by atoms with Crippen LogP contribution in [0.5, 0.6) is 11.5 Å². The van der Waals surface area contributed by atoms with E-state index in [1.165, 1.54) is 5.56 Å². The van der Waals surface area contributed by atoms with Gasteiger partial charge in [-0.1, -0.05) is 42.5 Å². The van der Waals surface area contributed by atoms with Gasteiger partial charge in [0.05, 0.1) is 6.10 Å². The number of piperidine rings is 1. The molecule has 1 aliphatic rings. The van der Waals surface area contributed by atoms with Crippen molar-refractivity contribution >= 4 is 5.91 Å². The van der Waals surface area contributed by atoms with Crippen LogP contribution in [0.3, 0.4) is 0 Å². The first-order valence-corrected chi connectivity index (χ1v) is 10.7. The fourth-order valence-electron chi connectivity index (χ4n) is 3.68. The van der Waals surface area contributed by atoms with Gasteiger partial charge in [0.1, 0.15) is 11.5 Å². The lowest BCUT2D eigenvalue weighted by atomic mass is 10.1. The summed E-state index contributed by atoms with van der Waals surface area (Å²) in [5.41, 5.74) is 2.92. The van der Waals surface area contributed by atoms with Crippen LogP contribution in [0.2, 0.25) is 0 Å². The SMILES string of the molecule is O=C(NCc1ccc(CN2CCC(O)CC2)cc1)c1ccc(Oc2ccccc2)cc1. The number of nitrogens with zero attached hydrogens (tertiary/aromatic N) is 1. The topological polar surface area (TPSA) is 61.8 Å². The average Bonchev–Trinajstić information content (AvgIpc) is 2.81. The summed E-state index contributed by atoms with van der Waals surface area (Å²) in [6.45, 7) is 3.26. The number of amides is 1. The first-order valence-electron chi connectivity index (χ1n) is 10.7. The summed E-state index contributed by atoms with van der Waals surface area (Å²) in [5.74, 6) is 1.35. The van der Waals surface area contributed by atoms with Crippen molar-refractivity contribution in [2.75, 3.05) is 13.1 Å². The molecule has 1 aliphatic heterocycles. The van der Waals surface area contributed by atoms with E-state index in [4.69, 9.17) is 4.74 Å². The molecule has 0 atom stereocenters. The minimum Gasteiger partial charge on any atom is -0.457 e. The molecule has 31 heavy (non-hydrogen) atoms. The van der Waals surface area contributed by atoms with Gasteiger partial charge >= 0.3 is 0 Å². The van der Waals surface area contributed by atoms with Gasteiger partial charge in [-0.15, -0.1) is 0 Å². The molecular formula is C26H28N2O3. The van der Waals surface area contributed by atoms with E-state index in [-0.39, 0.29) is 12.0 Å². The van der Waals surface area contributed by atoms with Gasteiger partial charge in [0.25, 0.3) is 5.91 Å². The molecule has 0 aliphatic carbocycles. The number of aliphatic hydroxyl groups is 1. The van der Waals surface area contributed by atoms with Gasteiger partial charge in [-0.3, -0.25) is 9.69 Å². The van der Waals surface area contributed by atoms with Crippen molar-refractivity contribution in [2.45, 2.75) is 32.0 Å². The van der Waals surface area contributed by atoms with Crippen molar-refractivity contribution in [3.05, 3.63) is 95.6 Å². The molecule has 5 heteroatoms. The molecule has 1 amide bonds. The number of hydrogen-bond acceptors (Lipinski definition) is 4. The number of rotatable bonds is 7. The van der Waals surface area contributed by atoms with Crippen LogP contribution in [0.1, 0.15) is 34.3 Å². The predicted octanol–water partition coefficient (Wildman–Crippen LogP) is 4.37. The molecule has 5 nitrogen and oxygen atoms in total. The highest BCUT2D eigenvalue weighted by Gasteiger charge is 2.16. The lowest BCUT2D eigenvalue weighted by molar-refractivity contribution is 0.0792. The van der Waals surface area contributed by atoms with Crippen LogP contribution in [-0.4, -0.2) is 35.1 Å². The number of ether oxygens (including phenoxy) is 1. The summed E-state index contributed by atoms with van der Waals surface area (Å²) in [4.78, 5) is 14.8. The average molecular weight is 417 g/mol. The zero-order valence-electron chi connectivity index (χ0n) is 17.5. The van der Waals surface area contributed by atoms with Gasteiger partial charge in [0.2, 0.25) is 0 Å². The second-order valence-electron chi connectivity index (χ2n) is 7.95. The highest BCUT2D eigenvalue weighted by Crippen LogP contribution is 2.21. The number of nitrogens with one attached hydrogen (secondary N) is 1. The molecule has 1 saturated heterocycles. The van der Waals surface area contributed by atoms with Crippen LogP contribution >= 0.6 is 0 Å². The normalized spacial score (nSPS) is 14.9. The Morgan fingerprint density at radius 2 is 1.48 bits per heavy atom. The van der Waals surface area contributed by atoms with Crippen molar-refractivity contribution in [1.29, 1.82) is 0 Å². The Bertz CT molecular complexity index is 964. The number of benzene rings is 3. The summed E-state index contributed by atoms with van der Waals surface area (Å²) >= 11 is 0. The van der Waals surface area contributed by atoms with Crippen LogP contribution in [0, 0.1) is 0 Å². The molecule has 3 aromatic rings. The van der Waals surface area contributed by atoms with E-state index in [0.717, 1.165) is 43.8 Å². The fraction of sp³-hybridized carbons (Fsp3) is 0.269. The van der Waals surface area contributed by atoms with Crippen molar-refractivity contribution in [3.8, 4) is 11.5 Å². The van der Waals surface area contributed by atoms with Crippen LogP contribution in [-0.2, 0) is 13.1 Å². The molecule has 0 radical (unpaired) electrons. The third kappa shape index (κ3) is 6.17. The highest BCUT2D eigenvalue weighted by atomic mass is 16.5. The third-order valence-electron chi connectivity index (χ3n) is 5.53. The van der Waals surface area contributed by atoms with Gasteiger partial charge < -0.3 is 15.2 Å². The maximum Gasteiger partial charge on any atom is 0.251 e. The Labute approximate surface area is 183 Å². The van der Waals surface area contributed by atoms with Crippen molar-refractivity contribution in [2.24, 2.45) is 0 Å². The second-order valence-corrected chi connectivity index (χ2v) is 7.95. The van der Waals surface area contributed by atoms with Crippen LogP contribution < -0.4 is 10.1 Å². The molecule has 0 spiro atoms. The Morgan fingerprint density at radius 1 is 0.871 bits per heavy atom. The quantitative estimate of drug-likeness (QED) is 0.601. The van der Waals surface area contributed by atoms with E-state index >= 15 is 0 Å². The molecule has 0 unspecified atom stereocenters. The monoisotopic (exact) mass is 416 g/mol. The Hall–Kier alpha value is -3.15. The molecule has 2 N–H and O–H groups in total. The van der Waals surface area contributed by atoms with Gasteiger partial charge in [0, 0.05) is 31.7 Å². The fourth-order valence-corrected chi connectivity index (χ4v) is 3.68. The van der Waals surface area contributed by atoms with E-state index in [1.807, 2.05) is 30.3 Å². The molecule has 1 heterocycles. The predicted molar refractivity (Wildman–Crippen MR) is 121 cm³/mol. The van der Waals surface area contributed by atoms with Gasteiger partial charge in [0.15, 0.2) is 0 Å². The summed E-state index contributed by atoms with van der Waals surface area (Å²) in [7, 11) is 0. The molecule has 3 aromatic carbocycles. The second kappa shape index (κ2) is 10.2. The number of hydrogen-bond donors (Lipinski definition) is 2. The maximum atomic E-state index is 12.5. The minimum absolute atomic E-state index is 0.109. The zero-order valence-corrected chi connectivity index (χ0v) is 17.5. The Morgan fingerprint density at radius 3 is 2.16 bits per heavy atom. The zero-order chi connectivity index (χ0) is 21.5. The van der Waals surface area contributed by atoms with E-state index in [0.29, 0.717) is 17.9 Å². The van der Waals surface area contributed by atoms with Gasteiger partial charge in [-0.05, 0) is 60.4 Å². The summed E-state index contributed by atoms with van der Waals surface area (Å²) in [5, 5.41) is 12.6. The molecule has 0 saturated carbocycles. The van der Waals surface area contributed by atoms with E-state index in [1.54, 1.807) is 24.3 Å². The summed E-state index contributed by atoms with van der Waals surface area (Å²) in [6.07, 6.45) is 1.56. The maximum absolute atomic E-state index is 12.5. The molecular weight excluding hydrogens is 388 g/mol. The molecule has 4 rings (SSSR count). The lowest BCUT2D eigenvalue weighted by Gasteiger charge is -2.29. The summed E-state index contributed by atoms with van der Waals surface area (Å²) < 4.78 is 5.77. The van der Waals surface area contributed by atoms with E-state index < -0.39 is 0 Å². The first-order chi connectivity index (χ1) is 15.2. The Balaban J connectivity index is 1.25. The Kier molecular flexibility index (Phi) is 6.97. The van der Waals surface area contributed by atoms with E-state index in [9.17, 15) is 9.90 Å². The molecule has 0 aromatic heterocycles. The molecule has 0 bridgehead atoms. The van der Waals surface area contributed by atoms with Gasteiger partial charge in [-0.2, -0.15) is 0 Å². The summed E-state index contributed by atoms with van der Waals surface area (Å²) in [6, 6.07) is 25.1. The largest absolute Gasteiger partial charge is 0.457 e. The van der Waals surface area contributed by atoms with Crippen LogP contribution in [0.15, 0.2) is 78.9 Å². The molecule has 1 fully saturated rings. The van der Waals surface area contributed by atoms with Crippen molar-refractivity contribution < 1.29 is 14.6 Å². The standard InChI is InChI=1S/C26H28N2O3/c29-23-14-16-28(17-15-23)19-21-8-6-20(7-9-21)18-27-26(30)22-10-12-25(13-11-22)31-24-4-2-1-3-5-24/h1-13,23,29H,14-19H2,(H,27,30). The lowest BCUT2D eigenvalue weighted by Crippen LogP contribution is -2.35. The molecule has 160 valence electrons. The van der Waals surface area contributed by atoms with E-state index in [2.05, 4.69) is 34.5 Å². The number of carbonyl (C=O) groups is 1. The van der Waals surface area contributed by atoms with Crippen molar-refractivity contribution in [3.63, 3.8) is 0 Å². The minimum atomic E-state index is -0.144. The van der Waals surface area contributed by atoms with Crippen LogP contribution in [0.4, 0.5) is 0 Å². The number of carbonyl (C=O) groups excluding carboxylic acids is 1. The smallest absolute Gasteiger partial charge is 0.251 e. The van der Waals surface area contributed by atoms with Gasteiger partial charge in [-0.25, -0.2) is 0 Å².